The van der Waals surface area contributed by atoms with Crippen molar-refractivity contribution in [1.82, 2.24) is 0 Å². The molecule has 0 spiro atoms. The zero-order valence-corrected chi connectivity index (χ0v) is 19.8. The van der Waals surface area contributed by atoms with Crippen LogP contribution in [0.3, 0.4) is 0 Å². The van der Waals surface area contributed by atoms with E-state index in [2.05, 4.69) is 48.5 Å². The molecule has 0 aromatic rings. The summed E-state index contributed by atoms with van der Waals surface area (Å²) in [4.78, 5) is 0. The Bertz CT molecular complexity index is 282. The Morgan fingerprint density at radius 2 is 1.04 bits per heavy atom. The third kappa shape index (κ3) is 13.2. The van der Waals surface area contributed by atoms with Gasteiger partial charge in [0.25, 0.3) is 0 Å². The highest BCUT2D eigenvalue weighted by Gasteiger charge is 2.18. The molecule has 0 heteroatoms. The van der Waals surface area contributed by atoms with Gasteiger partial charge in [-0.15, -0.1) is 0 Å². The molecule has 0 amide bonds. The fourth-order valence-corrected chi connectivity index (χ4v) is 4.56. The summed E-state index contributed by atoms with van der Waals surface area (Å²) in [6, 6.07) is 0. The monoisotopic (exact) mass is 366 g/mol. The Morgan fingerprint density at radius 3 is 1.58 bits per heavy atom. The molecule has 0 bridgehead atoms. The largest absolute Gasteiger partial charge is 0.0654 e. The topological polar surface area (TPSA) is 0 Å². The Kier molecular flexibility index (Phi) is 17.1. The van der Waals surface area contributed by atoms with Gasteiger partial charge in [0.2, 0.25) is 0 Å². The highest BCUT2D eigenvalue weighted by atomic mass is 14.2. The molecule has 0 N–H and O–H groups in total. The summed E-state index contributed by atoms with van der Waals surface area (Å²) in [5.74, 6) is 4.64. The van der Waals surface area contributed by atoms with Gasteiger partial charge in [0.05, 0.1) is 0 Å². The lowest BCUT2D eigenvalue weighted by atomic mass is 9.80. The third-order valence-corrected chi connectivity index (χ3v) is 7.27. The summed E-state index contributed by atoms with van der Waals surface area (Å²) in [6.07, 6.45) is 20.1. The van der Waals surface area contributed by atoms with Crippen molar-refractivity contribution < 1.29 is 0 Å². The van der Waals surface area contributed by atoms with Crippen LogP contribution >= 0.6 is 0 Å². The van der Waals surface area contributed by atoms with Gasteiger partial charge in [0, 0.05) is 0 Å². The molecular formula is C26H54. The molecule has 26 heavy (non-hydrogen) atoms. The SMILES string of the molecule is CCCCCCC(C)CC(CC)C(C)CCCCCCC(C)C(C)CC. The smallest absolute Gasteiger partial charge is 0.0389 e. The van der Waals surface area contributed by atoms with Crippen LogP contribution in [0, 0.1) is 29.6 Å². The van der Waals surface area contributed by atoms with E-state index in [0.29, 0.717) is 0 Å². The fourth-order valence-electron chi connectivity index (χ4n) is 4.56. The van der Waals surface area contributed by atoms with Crippen molar-refractivity contribution in [2.75, 3.05) is 0 Å². The summed E-state index contributed by atoms with van der Waals surface area (Å²) < 4.78 is 0. The van der Waals surface area contributed by atoms with E-state index in [1.165, 1.54) is 89.9 Å². The molecule has 0 rings (SSSR count). The molecule has 0 aromatic carbocycles. The van der Waals surface area contributed by atoms with Crippen molar-refractivity contribution in [1.29, 1.82) is 0 Å². The molecule has 5 atom stereocenters. The highest BCUT2D eigenvalue weighted by Crippen LogP contribution is 2.30. The molecule has 5 unspecified atom stereocenters. The maximum Gasteiger partial charge on any atom is -0.0389 e. The summed E-state index contributed by atoms with van der Waals surface area (Å²) in [5.41, 5.74) is 0. The number of rotatable bonds is 18. The minimum absolute atomic E-state index is 0.907. The molecule has 0 fully saturated rings. The van der Waals surface area contributed by atoms with Gasteiger partial charge in [-0.25, -0.2) is 0 Å². The lowest BCUT2D eigenvalue weighted by molar-refractivity contribution is 0.255. The summed E-state index contributed by atoms with van der Waals surface area (Å²) in [7, 11) is 0. The van der Waals surface area contributed by atoms with E-state index in [1.807, 2.05) is 0 Å². The van der Waals surface area contributed by atoms with Gasteiger partial charge in [-0.3, -0.25) is 0 Å². The van der Waals surface area contributed by atoms with Crippen molar-refractivity contribution in [3.63, 3.8) is 0 Å². The first-order valence-corrected chi connectivity index (χ1v) is 12.5. The first kappa shape index (κ1) is 26.0. The maximum absolute atomic E-state index is 2.53. The lowest BCUT2D eigenvalue weighted by Crippen LogP contribution is -2.15. The number of unbranched alkanes of at least 4 members (excludes halogenated alkanes) is 6. The predicted octanol–water partition coefficient (Wildman–Crippen LogP) is 9.67. The average Bonchev–Trinajstić information content (AvgIpc) is 2.64. The molecule has 0 aliphatic carbocycles. The number of hydrogen-bond donors (Lipinski definition) is 0. The fraction of sp³-hybridized carbons (Fsp3) is 1.00. The van der Waals surface area contributed by atoms with Crippen LogP contribution in [-0.2, 0) is 0 Å². The molecule has 0 saturated carbocycles. The van der Waals surface area contributed by atoms with E-state index in [0.717, 1.165) is 29.6 Å². The van der Waals surface area contributed by atoms with Gasteiger partial charge < -0.3 is 0 Å². The van der Waals surface area contributed by atoms with Crippen molar-refractivity contribution >= 4 is 0 Å². The van der Waals surface area contributed by atoms with Crippen LogP contribution in [-0.4, -0.2) is 0 Å². The van der Waals surface area contributed by atoms with Gasteiger partial charge in [-0.2, -0.15) is 0 Å². The van der Waals surface area contributed by atoms with Crippen LogP contribution in [0.25, 0.3) is 0 Å². The molecule has 0 aliphatic rings. The normalized spacial score (nSPS) is 17.7. The quantitative estimate of drug-likeness (QED) is 0.212. The van der Waals surface area contributed by atoms with Crippen LogP contribution in [0.15, 0.2) is 0 Å². The molecule has 0 aliphatic heterocycles. The predicted molar refractivity (Wildman–Crippen MR) is 122 cm³/mol. The van der Waals surface area contributed by atoms with Gasteiger partial charge >= 0.3 is 0 Å². The standard InChI is InChI=1S/C26H54/c1-8-11-12-15-18-22(4)21-26(10-3)25(7)20-17-14-13-16-19-24(6)23(5)9-2/h22-26H,8-21H2,1-7H3. The van der Waals surface area contributed by atoms with Crippen molar-refractivity contribution in [3.8, 4) is 0 Å². The molecule has 0 aromatic heterocycles. The second kappa shape index (κ2) is 17.1. The maximum atomic E-state index is 2.53. The van der Waals surface area contributed by atoms with Gasteiger partial charge in [-0.05, 0) is 36.0 Å². The Labute approximate surface area is 168 Å². The van der Waals surface area contributed by atoms with E-state index in [4.69, 9.17) is 0 Å². The van der Waals surface area contributed by atoms with Gasteiger partial charge in [0.1, 0.15) is 0 Å². The average molecular weight is 367 g/mol. The second-order valence-corrected chi connectivity index (χ2v) is 9.69. The second-order valence-electron chi connectivity index (χ2n) is 9.69. The molecule has 0 heterocycles. The van der Waals surface area contributed by atoms with Crippen LogP contribution in [0.5, 0.6) is 0 Å². The Hall–Kier alpha value is 0. The highest BCUT2D eigenvalue weighted by molar-refractivity contribution is 4.69. The molecule has 0 saturated heterocycles. The van der Waals surface area contributed by atoms with Crippen LogP contribution in [0.4, 0.5) is 0 Å². The van der Waals surface area contributed by atoms with Crippen molar-refractivity contribution in [3.05, 3.63) is 0 Å². The molecule has 158 valence electrons. The van der Waals surface area contributed by atoms with Gasteiger partial charge in [-0.1, -0.05) is 132 Å². The van der Waals surface area contributed by atoms with Gasteiger partial charge in [0.15, 0.2) is 0 Å². The Morgan fingerprint density at radius 1 is 0.500 bits per heavy atom. The Balaban J connectivity index is 3.82. The lowest BCUT2D eigenvalue weighted by Gasteiger charge is -2.26. The first-order chi connectivity index (χ1) is 12.5. The zero-order chi connectivity index (χ0) is 19.8. The van der Waals surface area contributed by atoms with Crippen molar-refractivity contribution in [2.24, 2.45) is 29.6 Å². The van der Waals surface area contributed by atoms with E-state index in [1.54, 1.807) is 0 Å². The van der Waals surface area contributed by atoms with Crippen LogP contribution in [0.1, 0.15) is 138 Å². The summed E-state index contributed by atoms with van der Waals surface area (Å²) in [5, 5.41) is 0. The first-order valence-electron chi connectivity index (χ1n) is 12.5. The summed E-state index contributed by atoms with van der Waals surface area (Å²) in [6.45, 7) is 17.0. The van der Waals surface area contributed by atoms with E-state index in [9.17, 15) is 0 Å². The summed E-state index contributed by atoms with van der Waals surface area (Å²) >= 11 is 0. The van der Waals surface area contributed by atoms with E-state index >= 15 is 0 Å². The number of hydrogen-bond acceptors (Lipinski definition) is 0. The molecular weight excluding hydrogens is 312 g/mol. The molecule has 0 nitrogen and oxygen atoms in total. The third-order valence-electron chi connectivity index (χ3n) is 7.27. The van der Waals surface area contributed by atoms with E-state index < -0.39 is 0 Å². The van der Waals surface area contributed by atoms with Crippen LogP contribution < -0.4 is 0 Å². The van der Waals surface area contributed by atoms with Crippen molar-refractivity contribution in [2.45, 2.75) is 138 Å². The minimum Gasteiger partial charge on any atom is -0.0654 e. The molecule has 0 radical (unpaired) electrons. The minimum atomic E-state index is 0.907. The zero-order valence-electron chi connectivity index (χ0n) is 19.8. The van der Waals surface area contributed by atoms with Crippen LogP contribution in [0.2, 0.25) is 0 Å². The van der Waals surface area contributed by atoms with E-state index in [-0.39, 0.29) is 0 Å².